The maximum Gasteiger partial charge on any atom is 0.255 e. The molecule has 3 aromatic rings. The number of Topliss-reactive ketones (excluding diaryl/α,β-unsaturated/α-hetero) is 2. The summed E-state index contributed by atoms with van der Waals surface area (Å²) in [5.41, 5.74) is 5.89. The number of nitrogens with one attached hydrogen (secondary N) is 1. The lowest BCUT2D eigenvalue weighted by Gasteiger charge is -2.50. The Hall–Kier alpha value is -4.93. The number of aliphatic hydroxyl groups excluding tert-OH is 2. The Labute approximate surface area is 253 Å². The van der Waals surface area contributed by atoms with Gasteiger partial charge in [0.15, 0.2) is 11.4 Å². The molecule has 0 saturated heterocycles. The highest BCUT2D eigenvalue weighted by molar-refractivity contribution is 6.24. The SMILES string of the molecule is CN(C)[C@@H]1C(O)=C(C(N)=O)C(=O)[C@@]2(O)C(O)=C3C(=O)c4c(O)ccc(-c5ccc(CNc6ccccc6)cc5)c4C[C@H]3C[C@@H]12. The van der Waals surface area contributed by atoms with Crippen molar-refractivity contribution in [1.29, 1.82) is 0 Å². The maximum atomic E-state index is 14.0. The number of carbonyl (C=O) groups is 3. The minimum Gasteiger partial charge on any atom is -0.510 e. The van der Waals surface area contributed by atoms with Gasteiger partial charge < -0.3 is 31.5 Å². The summed E-state index contributed by atoms with van der Waals surface area (Å²) in [4.78, 5) is 41.1. The van der Waals surface area contributed by atoms with Crippen LogP contribution in [0.2, 0.25) is 0 Å². The molecule has 0 aromatic heterocycles. The highest BCUT2D eigenvalue weighted by Crippen LogP contribution is 2.53. The van der Waals surface area contributed by atoms with Crippen LogP contribution in [0.5, 0.6) is 5.75 Å². The highest BCUT2D eigenvalue weighted by Gasteiger charge is 2.63. The summed E-state index contributed by atoms with van der Waals surface area (Å²) < 4.78 is 0. The lowest BCUT2D eigenvalue weighted by atomic mass is 9.58. The number of primary amides is 1. The van der Waals surface area contributed by atoms with E-state index < -0.39 is 58.0 Å². The van der Waals surface area contributed by atoms with Crippen molar-refractivity contribution in [2.45, 2.75) is 31.0 Å². The molecule has 3 aliphatic rings. The van der Waals surface area contributed by atoms with Crippen molar-refractivity contribution in [2.75, 3.05) is 19.4 Å². The van der Waals surface area contributed by atoms with Gasteiger partial charge >= 0.3 is 0 Å². The number of rotatable bonds is 6. The molecule has 4 atom stereocenters. The van der Waals surface area contributed by atoms with Crippen LogP contribution in [0.25, 0.3) is 11.1 Å². The molecule has 3 aromatic carbocycles. The molecule has 3 aliphatic carbocycles. The number of nitrogens with zero attached hydrogens (tertiary/aromatic N) is 1. The molecule has 10 nitrogen and oxygen atoms in total. The summed E-state index contributed by atoms with van der Waals surface area (Å²) in [5.74, 6) is -6.71. The number of likely N-dealkylation sites (N-methyl/N-ethyl adjacent to an activating group) is 1. The Bertz CT molecular complexity index is 1760. The number of allylic oxidation sites excluding steroid dienone is 1. The number of phenolic OH excluding ortho intramolecular Hbond substituents is 1. The Morgan fingerprint density at radius 1 is 1.00 bits per heavy atom. The van der Waals surface area contributed by atoms with E-state index in [1.165, 1.54) is 11.0 Å². The molecule has 226 valence electrons. The highest BCUT2D eigenvalue weighted by atomic mass is 16.3. The molecule has 0 unspecified atom stereocenters. The van der Waals surface area contributed by atoms with E-state index in [0.717, 1.165) is 22.4 Å². The third-order valence-electron chi connectivity index (χ3n) is 9.14. The number of aromatic hydroxyl groups is 1. The molecule has 7 N–H and O–H groups in total. The number of aliphatic hydroxyl groups is 3. The molecule has 0 bridgehead atoms. The Morgan fingerprint density at radius 3 is 2.32 bits per heavy atom. The molecule has 6 rings (SSSR count). The van der Waals surface area contributed by atoms with E-state index in [2.05, 4.69) is 5.32 Å². The van der Waals surface area contributed by atoms with Crippen LogP contribution in [0, 0.1) is 11.8 Å². The van der Waals surface area contributed by atoms with Gasteiger partial charge in [0.1, 0.15) is 22.8 Å². The first-order valence-corrected chi connectivity index (χ1v) is 14.3. The third-order valence-corrected chi connectivity index (χ3v) is 9.14. The smallest absolute Gasteiger partial charge is 0.255 e. The first kappa shape index (κ1) is 29.2. The van der Waals surface area contributed by atoms with Gasteiger partial charge in [0.2, 0.25) is 5.78 Å². The molecule has 10 heteroatoms. The first-order valence-electron chi connectivity index (χ1n) is 14.3. The average Bonchev–Trinajstić information content (AvgIpc) is 2.98. The summed E-state index contributed by atoms with van der Waals surface area (Å²) >= 11 is 0. The molecule has 0 heterocycles. The van der Waals surface area contributed by atoms with Gasteiger partial charge in [-0.2, -0.15) is 0 Å². The quantitative estimate of drug-likeness (QED) is 0.234. The van der Waals surface area contributed by atoms with Crippen LogP contribution >= 0.6 is 0 Å². The van der Waals surface area contributed by atoms with Crippen molar-refractivity contribution in [3.63, 3.8) is 0 Å². The first-order chi connectivity index (χ1) is 20.9. The van der Waals surface area contributed by atoms with Gasteiger partial charge in [-0.1, -0.05) is 48.5 Å². The number of amides is 1. The Kier molecular flexibility index (Phi) is 7.06. The lowest BCUT2D eigenvalue weighted by molar-refractivity contribution is -0.148. The Balaban J connectivity index is 1.40. The number of phenols is 1. The fraction of sp³-hybridized carbons (Fsp3) is 0.265. The number of carbonyl (C=O) groups excluding carboxylic acids is 3. The largest absolute Gasteiger partial charge is 0.510 e. The number of para-hydroxylation sites is 1. The number of nitrogens with two attached hydrogens (primary N) is 1. The van der Waals surface area contributed by atoms with Crippen molar-refractivity contribution < 1.29 is 34.8 Å². The van der Waals surface area contributed by atoms with Crippen LogP contribution < -0.4 is 11.1 Å². The minimum atomic E-state index is -2.67. The third kappa shape index (κ3) is 4.37. The molecule has 0 saturated carbocycles. The average molecular weight is 596 g/mol. The van der Waals surface area contributed by atoms with E-state index in [1.807, 2.05) is 54.6 Å². The molecule has 44 heavy (non-hydrogen) atoms. The molecule has 0 aliphatic heterocycles. The normalized spacial score (nSPS) is 24.6. The van der Waals surface area contributed by atoms with Crippen molar-refractivity contribution in [3.8, 4) is 16.9 Å². The fourth-order valence-electron chi connectivity index (χ4n) is 7.08. The van der Waals surface area contributed by atoms with Crippen molar-refractivity contribution in [3.05, 3.63) is 106 Å². The summed E-state index contributed by atoms with van der Waals surface area (Å²) in [6.45, 7) is 0.612. The lowest BCUT2D eigenvalue weighted by Crippen LogP contribution is -2.63. The van der Waals surface area contributed by atoms with Gasteiger partial charge in [-0.25, -0.2) is 0 Å². The van der Waals surface area contributed by atoms with Crippen LogP contribution in [0.3, 0.4) is 0 Å². The number of hydrogen-bond donors (Lipinski definition) is 6. The zero-order valence-electron chi connectivity index (χ0n) is 24.2. The zero-order valence-corrected chi connectivity index (χ0v) is 24.2. The van der Waals surface area contributed by atoms with Gasteiger partial charge in [-0.15, -0.1) is 0 Å². The standard InChI is InChI=1S/C34H33N3O7/c1-37(2)28-23-15-19-14-22-21(18-10-8-17(9-11-18)16-36-20-6-4-3-5-7-20)12-13-24(38)26(22)29(39)25(19)31(41)34(23,44)32(42)27(30(28)40)33(35)43/h3-13,19,23,28,36,38,40-41,44H,14-16H2,1-2H3,(H2,35,43)/t19-,23-,28-,34-/m0/s1. The molecule has 1 amide bonds. The van der Waals surface area contributed by atoms with E-state index >= 15 is 0 Å². The minimum absolute atomic E-state index is 0.0156. The van der Waals surface area contributed by atoms with Crippen molar-refractivity contribution in [1.82, 2.24) is 4.90 Å². The van der Waals surface area contributed by atoms with E-state index in [1.54, 1.807) is 20.2 Å². The number of fused-ring (bicyclic) bond motifs is 3. The molecular formula is C34H33N3O7. The van der Waals surface area contributed by atoms with E-state index in [4.69, 9.17) is 5.73 Å². The maximum absolute atomic E-state index is 14.0. The number of hydrogen-bond acceptors (Lipinski definition) is 9. The molecular weight excluding hydrogens is 562 g/mol. The van der Waals surface area contributed by atoms with Gasteiger partial charge in [0.05, 0.1) is 11.6 Å². The summed E-state index contributed by atoms with van der Waals surface area (Å²) in [5, 5.41) is 48.4. The summed E-state index contributed by atoms with van der Waals surface area (Å²) in [7, 11) is 3.20. The number of ketones is 2. The van der Waals surface area contributed by atoms with Crippen molar-refractivity contribution >= 4 is 23.2 Å². The predicted molar refractivity (Wildman–Crippen MR) is 163 cm³/mol. The van der Waals surface area contributed by atoms with Gasteiger partial charge in [-0.3, -0.25) is 19.3 Å². The van der Waals surface area contributed by atoms with E-state index in [-0.39, 0.29) is 29.7 Å². The van der Waals surface area contributed by atoms with Gasteiger partial charge in [0.25, 0.3) is 5.91 Å². The molecule has 0 spiro atoms. The van der Waals surface area contributed by atoms with Gasteiger partial charge in [0, 0.05) is 23.7 Å². The van der Waals surface area contributed by atoms with Crippen LogP contribution in [0.15, 0.2) is 89.4 Å². The van der Waals surface area contributed by atoms with Crippen LogP contribution in [0.1, 0.15) is 27.9 Å². The molecule has 0 radical (unpaired) electrons. The Morgan fingerprint density at radius 2 is 1.68 bits per heavy atom. The topological polar surface area (TPSA) is 173 Å². The van der Waals surface area contributed by atoms with Crippen LogP contribution in [0.4, 0.5) is 5.69 Å². The van der Waals surface area contributed by atoms with Crippen LogP contribution in [-0.4, -0.2) is 68.5 Å². The summed E-state index contributed by atoms with van der Waals surface area (Å²) in [6, 6.07) is 19.8. The second-order valence-corrected chi connectivity index (χ2v) is 11.9. The molecule has 0 fully saturated rings. The number of anilines is 1. The van der Waals surface area contributed by atoms with E-state index in [9.17, 15) is 34.8 Å². The second kappa shape index (κ2) is 10.7. The second-order valence-electron chi connectivity index (χ2n) is 11.9. The zero-order chi connectivity index (χ0) is 31.5. The monoisotopic (exact) mass is 595 g/mol. The van der Waals surface area contributed by atoms with Crippen molar-refractivity contribution in [2.24, 2.45) is 17.6 Å². The fourth-order valence-corrected chi connectivity index (χ4v) is 7.08. The van der Waals surface area contributed by atoms with Gasteiger partial charge in [-0.05, 0) is 73.3 Å². The van der Waals surface area contributed by atoms with Crippen LogP contribution in [-0.2, 0) is 22.6 Å². The van der Waals surface area contributed by atoms with E-state index in [0.29, 0.717) is 12.1 Å². The summed E-state index contributed by atoms with van der Waals surface area (Å²) in [6.07, 6.45) is 0.251. The number of benzene rings is 3. The predicted octanol–water partition coefficient (Wildman–Crippen LogP) is 3.40.